The van der Waals surface area contributed by atoms with E-state index in [1.165, 1.54) is 29.7 Å². The Kier molecular flexibility index (Phi) is 6.99. The smallest absolute Gasteiger partial charge is 0.311 e. The third-order valence-corrected chi connectivity index (χ3v) is 9.14. The molecular formula is C25H29F3N4O3S2. The minimum Gasteiger partial charge on any atom is -0.311 e. The number of alkyl halides is 3. The average Bonchev–Trinajstić information content (AvgIpc) is 3.53. The second-order valence-corrected chi connectivity index (χ2v) is 11.7. The van der Waals surface area contributed by atoms with Crippen LogP contribution in [0.3, 0.4) is 0 Å². The van der Waals surface area contributed by atoms with E-state index in [-0.39, 0.29) is 30.7 Å². The maximum absolute atomic E-state index is 13.2. The van der Waals surface area contributed by atoms with Crippen molar-refractivity contribution in [1.82, 2.24) is 9.88 Å². The first kappa shape index (κ1) is 25.7. The van der Waals surface area contributed by atoms with Crippen molar-refractivity contribution in [2.75, 3.05) is 29.3 Å². The van der Waals surface area contributed by atoms with Gasteiger partial charge in [0.1, 0.15) is 0 Å². The summed E-state index contributed by atoms with van der Waals surface area (Å²) in [5, 5.41) is 1.96. The van der Waals surface area contributed by atoms with E-state index in [0.29, 0.717) is 31.7 Å². The van der Waals surface area contributed by atoms with Crippen LogP contribution in [-0.4, -0.2) is 49.9 Å². The van der Waals surface area contributed by atoms with E-state index in [1.54, 1.807) is 34.5 Å². The Hall–Kier alpha value is -2.96. The summed E-state index contributed by atoms with van der Waals surface area (Å²) in [6.07, 6.45) is -0.626. The normalized spacial score (nSPS) is 19.9. The van der Waals surface area contributed by atoms with Gasteiger partial charge in [0.05, 0.1) is 16.5 Å². The summed E-state index contributed by atoms with van der Waals surface area (Å²) < 4.78 is 66.1. The number of carbonyl (C=O) groups excluding carboxylic acids is 1. The Labute approximate surface area is 220 Å². The van der Waals surface area contributed by atoms with E-state index in [1.807, 2.05) is 0 Å². The second-order valence-electron chi connectivity index (χ2n) is 9.16. The highest BCUT2D eigenvalue weighted by Gasteiger charge is 2.38. The standard InChI is InChI=1S/C25H25F3N4O3S2.2H2/c26-25(27,28)19-3-1-17(2-4-19)18-9-13-31(14-10-18)22-11-15-32(23(22)33)20-5-7-21(8-6-20)37(34,35)30-24-29-12-16-36-24;;/h1-8,12,16,18,22H,9-11,13-15H2,(H,29,30);2*1H/t22-;;/m0../s1. The largest absolute Gasteiger partial charge is 0.416 e. The Morgan fingerprint density at radius 1 is 0.973 bits per heavy atom. The summed E-state index contributed by atoms with van der Waals surface area (Å²) in [5.74, 6) is 0.142. The maximum Gasteiger partial charge on any atom is 0.416 e. The summed E-state index contributed by atoms with van der Waals surface area (Å²) >= 11 is 1.18. The molecule has 2 saturated heterocycles. The molecule has 0 saturated carbocycles. The van der Waals surface area contributed by atoms with Gasteiger partial charge in [-0.1, -0.05) is 12.1 Å². The maximum atomic E-state index is 13.2. The fourth-order valence-electron chi connectivity index (χ4n) is 5.00. The zero-order valence-corrected chi connectivity index (χ0v) is 21.3. The monoisotopic (exact) mass is 554 g/mol. The van der Waals surface area contributed by atoms with Crippen molar-refractivity contribution in [3.8, 4) is 0 Å². The first-order valence-corrected chi connectivity index (χ1v) is 14.2. The fraction of sp³-hybridized carbons (Fsp3) is 0.360. The molecular weight excluding hydrogens is 525 g/mol. The first-order chi connectivity index (χ1) is 17.6. The van der Waals surface area contributed by atoms with Crippen LogP contribution in [0, 0.1) is 0 Å². The number of carbonyl (C=O) groups is 1. The topological polar surface area (TPSA) is 82.6 Å². The molecule has 0 radical (unpaired) electrons. The molecule has 37 heavy (non-hydrogen) atoms. The Morgan fingerprint density at radius 3 is 2.24 bits per heavy atom. The van der Waals surface area contributed by atoms with Crippen LogP contribution in [0.2, 0.25) is 0 Å². The number of nitrogens with one attached hydrogen (secondary N) is 1. The van der Waals surface area contributed by atoms with Crippen LogP contribution in [0.25, 0.3) is 0 Å². The lowest BCUT2D eigenvalue weighted by molar-refractivity contribution is -0.137. The number of benzene rings is 2. The highest BCUT2D eigenvalue weighted by atomic mass is 32.2. The lowest BCUT2D eigenvalue weighted by Gasteiger charge is -2.35. The van der Waals surface area contributed by atoms with Crippen LogP contribution in [0.15, 0.2) is 65.0 Å². The molecule has 5 rings (SSSR count). The lowest BCUT2D eigenvalue weighted by atomic mass is 9.88. The van der Waals surface area contributed by atoms with Gasteiger partial charge in [-0.3, -0.25) is 14.4 Å². The number of anilines is 2. The number of aromatic nitrogens is 1. The van der Waals surface area contributed by atoms with Gasteiger partial charge in [0.15, 0.2) is 5.13 Å². The highest BCUT2D eigenvalue weighted by molar-refractivity contribution is 7.93. The van der Waals surface area contributed by atoms with Gasteiger partial charge in [0.25, 0.3) is 10.0 Å². The molecule has 3 heterocycles. The van der Waals surface area contributed by atoms with Crippen LogP contribution < -0.4 is 9.62 Å². The van der Waals surface area contributed by atoms with Crippen LogP contribution in [-0.2, 0) is 21.0 Å². The summed E-state index contributed by atoms with van der Waals surface area (Å²) in [4.78, 5) is 21.1. The van der Waals surface area contributed by atoms with Gasteiger partial charge in [-0.05, 0) is 80.2 Å². The van der Waals surface area contributed by atoms with Crippen molar-refractivity contribution >= 4 is 38.1 Å². The number of rotatable bonds is 6. The summed E-state index contributed by atoms with van der Waals surface area (Å²) in [5.41, 5.74) is 0.887. The summed E-state index contributed by atoms with van der Waals surface area (Å²) in [6.45, 7) is 1.91. The molecule has 0 aliphatic carbocycles. The van der Waals surface area contributed by atoms with E-state index in [4.69, 9.17) is 0 Å². The third-order valence-electron chi connectivity index (χ3n) is 6.97. The predicted molar refractivity (Wildman–Crippen MR) is 139 cm³/mol. The summed E-state index contributed by atoms with van der Waals surface area (Å²) in [7, 11) is -3.77. The number of piperidine rings is 1. The Morgan fingerprint density at radius 2 is 1.65 bits per heavy atom. The van der Waals surface area contributed by atoms with Gasteiger partial charge in [0.2, 0.25) is 5.91 Å². The Balaban J connectivity index is 0.00000210. The molecule has 2 fully saturated rings. The van der Waals surface area contributed by atoms with Gasteiger partial charge >= 0.3 is 6.18 Å². The zero-order chi connectivity index (χ0) is 26.2. The van der Waals surface area contributed by atoms with Crippen LogP contribution in [0.5, 0.6) is 0 Å². The van der Waals surface area contributed by atoms with E-state index < -0.39 is 21.8 Å². The van der Waals surface area contributed by atoms with Gasteiger partial charge in [-0.15, -0.1) is 11.3 Å². The molecule has 0 spiro atoms. The molecule has 200 valence electrons. The van der Waals surface area contributed by atoms with E-state index >= 15 is 0 Å². The lowest BCUT2D eigenvalue weighted by Crippen LogP contribution is -2.45. The van der Waals surface area contributed by atoms with Crippen LogP contribution in [0.4, 0.5) is 24.0 Å². The number of hydrogen-bond acceptors (Lipinski definition) is 6. The van der Waals surface area contributed by atoms with Gasteiger partial charge < -0.3 is 4.90 Å². The molecule has 1 N–H and O–H groups in total. The van der Waals surface area contributed by atoms with E-state index in [9.17, 15) is 26.4 Å². The predicted octanol–water partition coefficient (Wildman–Crippen LogP) is 5.44. The molecule has 1 atom stereocenters. The molecule has 12 heteroatoms. The van der Waals surface area contributed by atoms with Crippen molar-refractivity contribution in [3.63, 3.8) is 0 Å². The minimum atomic E-state index is -4.34. The molecule has 7 nitrogen and oxygen atoms in total. The SMILES string of the molecule is O=C1[C@@H](N2CCC(c3ccc(C(F)(F)F)cc3)CC2)CCN1c1ccc(S(=O)(=O)Nc2nccs2)cc1.[HH].[HH]. The first-order valence-electron chi connectivity index (χ1n) is 11.9. The number of thiazole rings is 1. The van der Waals surface area contributed by atoms with Crippen molar-refractivity contribution in [2.45, 2.75) is 42.3 Å². The fourth-order valence-corrected chi connectivity index (χ4v) is 6.79. The number of hydrogen-bond donors (Lipinski definition) is 1. The number of sulfonamides is 1. The molecule has 0 bridgehead atoms. The molecule has 2 aliphatic rings. The molecule has 1 aromatic heterocycles. The number of amides is 1. The van der Waals surface area contributed by atoms with Gasteiger partial charge in [-0.25, -0.2) is 13.4 Å². The highest BCUT2D eigenvalue weighted by Crippen LogP contribution is 2.35. The second kappa shape index (κ2) is 10.1. The quantitative estimate of drug-likeness (QED) is 0.439. The average molecular weight is 555 g/mol. The molecule has 1 amide bonds. The van der Waals surface area contributed by atoms with E-state index in [0.717, 1.165) is 30.5 Å². The zero-order valence-electron chi connectivity index (χ0n) is 19.7. The Bertz CT molecular complexity index is 1350. The van der Waals surface area contributed by atoms with Crippen LogP contribution in [0.1, 0.15) is 39.2 Å². The van der Waals surface area contributed by atoms with Crippen LogP contribution >= 0.6 is 11.3 Å². The minimum absolute atomic E-state index is 0. The molecule has 2 aromatic carbocycles. The van der Waals surface area contributed by atoms with Crippen molar-refractivity contribution in [1.29, 1.82) is 0 Å². The molecule has 3 aromatic rings. The van der Waals surface area contributed by atoms with Crippen molar-refractivity contribution < 1.29 is 29.2 Å². The van der Waals surface area contributed by atoms with E-state index in [2.05, 4.69) is 14.6 Å². The molecule has 0 unspecified atom stereocenters. The van der Waals surface area contributed by atoms with Crippen molar-refractivity contribution in [3.05, 3.63) is 71.2 Å². The molecule has 2 aliphatic heterocycles. The van der Waals surface area contributed by atoms with Crippen molar-refractivity contribution in [2.24, 2.45) is 0 Å². The number of nitrogens with zero attached hydrogens (tertiary/aromatic N) is 3. The third kappa shape index (κ3) is 5.51. The number of likely N-dealkylation sites (tertiary alicyclic amines) is 1. The number of halogens is 3. The summed E-state index contributed by atoms with van der Waals surface area (Å²) in [6, 6.07) is 11.3. The van der Waals surface area contributed by atoms with Gasteiger partial charge in [-0.2, -0.15) is 13.2 Å². The van der Waals surface area contributed by atoms with Gasteiger partial charge in [0, 0.05) is 26.7 Å².